The molecule has 7 nitrogen and oxygen atoms in total. The molecule has 49 heavy (non-hydrogen) atoms. The van der Waals surface area contributed by atoms with Crippen molar-refractivity contribution in [1.29, 1.82) is 0 Å². The third-order valence-corrected chi connectivity index (χ3v) is 9.00. The van der Waals surface area contributed by atoms with Crippen LogP contribution in [0.15, 0.2) is 91.0 Å². The fourth-order valence-corrected chi connectivity index (χ4v) is 6.77. The van der Waals surface area contributed by atoms with Crippen LogP contribution in [0.3, 0.4) is 0 Å². The number of aliphatic hydroxyl groups is 2. The number of nitrogens with zero attached hydrogens (tertiary/aromatic N) is 3. The summed E-state index contributed by atoms with van der Waals surface area (Å²) in [5.41, 5.74) is 3.85. The molecule has 0 spiro atoms. The zero-order valence-corrected chi connectivity index (χ0v) is 29.9. The highest BCUT2D eigenvalue weighted by Crippen LogP contribution is 2.41. The van der Waals surface area contributed by atoms with Gasteiger partial charge in [-0.25, -0.2) is 0 Å². The van der Waals surface area contributed by atoms with E-state index >= 15 is 0 Å². The van der Waals surface area contributed by atoms with Crippen molar-refractivity contribution in [3.8, 4) is 11.4 Å². The van der Waals surface area contributed by atoms with E-state index in [9.17, 15) is 15.0 Å². The van der Waals surface area contributed by atoms with Crippen LogP contribution in [0, 0.1) is 5.41 Å². The monoisotopic (exact) mass is 661 g/mol. The highest BCUT2D eigenvalue weighted by atomic mass is 16.5. The summed E-state index contributed by atoms with van der Waals surface area (Å²) < 4.78 is 6.25. The molecule has 5 rings (SSSR count). The average molecular weight is 662 g/mol. The molecule has 0 radical (unpaired) electrons. The van der Waals surface area contributed by atoms with Crippen LogP contribution in [-0.4, -0.2) is 37.6 Å². The SMILES string of the molecule is CCCCCCCCOc1ccc(C(=O)c2ccccc2)cc1C(O)(O)c1cc(-n2nc3ccccc3n2)cc(C(C)(C)CC(C)(C)C)c1. The average Bonchev–Trinajstić information content (AvgIpc) is 3.51. The maximum Gasteiger partial charge on any atom is 0.221 e. The van der Waals surface area contributed by atoms with E-state index in [2.05, 4.69) is 41.5 Å². The molecule has 0 bridgehead atoms. The highest BCUT2D eigenvalue weighted by Gasteiger charge is 2.36. The molecule has 0 amide bonds. The highest BCUT2D eigenvalue weighted by molar-refractivity contribution is 6.09. The fourth-order valence-electron chi connectivity index (χ4n) is 6.77. The number of unbranched alkanes of at least 4 members (excludes halogenated alkanes) is 5. The van der Waals surface area contributed by atoms with Gasteiger partial charge in [0.25, 0.3) is 0 Å². The molecule has 0 aliphatic heterocycles. The van der Waals surface area contributed by atoms with Crippen molar-refractivity contribution >= 4 is 16.8 Å². The Morgan fingerprint density at radius 1 is 0.714 bits per heavy atom. The fraction of sp³-hybridized carbons (Fsp3) is 0.405. The van der Waals surface area contributed by atoms with Crippen molar-refractivity contribution in [1.82, 2.24) is 15.0 Å². The lowest BCUT2D eigenvalue weighted by Gasteiger charge is -2.34. The molecule has 1 heterocycles. The van der Waals surface area contributed by atoms with E-state index < -0.39 is 5.79 Å². The van der Waals surface area contributed by atoms with Gasteiger partial charge in [0.1, 0.15) is 16.8 Å². The van der Waals surface area contributed by atoms with Gasteiger partial charge in [-0.15, -0.1) is 10.2 Å². The molecule has 2 N–H and O–H groups in total. The van der Waals surface area contributed by atoms with Gasteiger partial charge < -0.3 is 14.9 Å². The molecule has 0 aliphatic rings. The van der Waals surface area contributed by atoms with Gasteiger partial charge in [0.15, 0.2) is 5.78 Å². The molecular weight excluding hydrogens is 610 g/mol. The van der Waals surface area contributed by atoms with Gasteiger partial charge in [0, 0.05) is 16.7 Å². The Hall–Kier alpha value is -4.33. The van der Waals surface area contributed by atoms with Crippen LogP contribution in [0.5, 0.6) is 5.75 Å². The van der Waals surface area contributed by atoms with Gasteiger partial charge in [0.2, 0.25) is 5.79 Å². The first kappa shape index (κ1) is 36.0. The first-order valence-corrected chi connectivity index (χ1v) is 17.6. The summed E-state index contributed by atoms with van der Waals surface area (Å²) in [6.07, 6.45) is 7.45. The summed E-state index contributed by atoms with van der Waals surface area (Å²) in [5, 5.41) is 34.0. The maximum atomic E-state index is 13.6. The Morgan fingerprint density at radius 3 is 1.98 bits per heavy atom. The summed E-state index contributed by atoms with van der Waals surface area (Å²) >= 11 is 0. The Morgan fingerprint density at radius 2 is 1.33 bits per heavy atom. The van der Waals surface area contributed by atoms with Crippen LogP contribution in [0.2, 0.25) is 0 Å². The first-order valence-electron chi connectivity index (χ1n) is 17.6. The van der Waals surface area contributed by atoms with Gasteiger partial charge in [0.05, 0.1) is 17.9 Å². The Kier molecular flexibility index (Phi) is 11.1. The van der Waals surface area contributed by atoms with Gasteiger partial charge in [-0.05, 0) is 77.8 Å². The number of ether oxygens (including phenoxy) is 1. The van der Waals surface area contributed by atoms with Crippen LogP contribution in [-0.2, 0) is 11.2 Å². The van der Waals surface area contributed by atoms with Crippen LogP contribution < -0.4 is 4.74 Å². The number of hydrogen-bond acceptors (Lipinski definition) is 6. The Balaban J connectivity index is 1.61. The summed E-state index contributed by atoms with van der Waals surface area (Å²) in [7, 11) is 0. The summed E-state index contributed by atoms with van der Waals surface area (Å²) in [5.74, 6) is -2.40. The molecule has 0 saturated carbocycles. The van der Waals surface area contributed by atoms with Crippen LogP contribution in [0.25, 0.3) is 16.7 Å². The van der Waals surface area contributed by atoms with Crippen LogP contribution in [0.4, 0.5) is 0 Å². The zero-order valence-electron chi connectivity index (χ0n) is 29.9. The molecule has 5 aromatic rings. The topological polar surface area (TPSA) is 97.5 Å². The van der Waals surface area contributed by atoms with Gasteiger partial charge in [-0.2, -0.15) is 4.80 Å². The summed E-state index contributed by atoms with van der Waals surface area (Å²) in [4.78, 5) is 15.1. The largest absolute Gasteiger partial charge is 0.493 e. The standard InChI is InChI=1S/C42H51N3O4/c1-7-8-9-10-11-17-24-49-38-23-22-31(39(46)30-18-13-12-14-19-30)25-35(38)42(47,48)33-26-32(41(5,6)29-40(2,3)4)27-34(28-33)45-43-36-20-15-16-21-37(36)44-45/h12-16,18-23,25-28,47-48H,7-11,17,24,29H2,1-6H3. The van der Waals surface area contributed by atoms with E-state index in [1.807, 2.05) is 54.6 Å². The second kappa shape index (κ2) is 15.1. The number of benzene rings is 4. The van der Waals surface area contributed by atoms with Gasteiger partial charge in [-0.1, -0.05) is 116 Å². The number of hydrogen-bond donors (Lipinski definition) is 2. The van der Waals surface area contributed by atoms with E-state index in [0.29, 0.717) is 29.2 Å². The second-order valence-corrected chi connectivity index (χ2v) is 15.1. The van der Waals surface area contributed by atoms with Crippen molar-refractivity contribution in [2.75, 3.05) is 6.61 Å². The quantitative estimate of drug-likeness (QED) is 0.0659. The number of carbonyl (C=O) groups is 1. The molecular formula is C42H51N3O4. The van der Waals surface area contributed by atoms with E-state index in [1.165, 1.54) is 19.3 Å². The molecule has 0 unspecified atom stereocenters. The molecule has 258 valence electrons. The van der Waals surface area contributed by atoms with Gasteiger partial charge in [-0.3, -0.25) is 4.79 Å². The lowest BCUT2D eigenvalue weighted by molar-refractivity contribution is -0.133. The molecule has 7 heteroatoms. The smallest absolute Gasteiger partial charge is 0.221 e. The normalized spacial score (nSPS) is 12.4. The van der Waals surface area contributed by atoms with Crippen LogP contribution in [0.1, 0.15) is 119 Å². The van der Waals surface area contributed by atoms with Crippen molar-refractivity contribution in [2.45, 2.75) is 97.7 Å². The predicted octanol–water partition coefficient (Wildman–Crippen LogP) is 9.29. The predicted molar refractivity (Wildman–Crippen MR) is 196 cm³/mol. The Labute approximate surface area is 291 Å². The number of rotatable bonds is 15. The maximum absolute atomic E-state index is 13.6. The van der Waals surface area contributed by atoms with E-state index in [0.717, 1.165) is 42.3 Å². The van der Waals surface area contributed by atoms with Crippen molar-refractivity contribution in [3.63, 3.8) is 0 Å². The third kappa shape index (κ3) is 8.83. The third-order valence-electron chi connectivity index (χ3n) is 9.00. The van der Waals surface area contributed by atoms with Crippen LogP contribution >= 0.6 is 0 Å². The number of ketones is 1. The lowest BCUT2D eigenvalue weighted by atomic mass is 9.71. The summed E-state index contributed by atoms with van der Waals surface area (Å²) in [6.45, 7) is 13.6. The minimum atomic E-state index is -2.52. The van der Waals surface area contributed by atoms with Crippen molar-refractivity contribution in [2.24, 2.45) is 5.41 Å². The molecule has 4 aromatic carbocycles. The van der Waals surface area contributed by atoms with E-state index in [4.69, 9.17) is 14.9 Å². The first-order chi connectivity index (χ1) is 23.3. The second-order valence-electron chi connectivity index (χ2n) is 15.1. The molecule has 0 atom stereocenters. The molecule has 0 aliphatic carbocycles. The van der Waals surface area contributed by atoms with E-state index in [1.54, 1.807) is 41.2 Å². The van der Waals surface area contributed by atoms with Gasteiger partial charge >= 0.3 is 0 Å². The lowest BCUT2D eigenvalue weighted by Crippen LogP contribution is -2.30. The molecule has 0 fully saturated rings. The zero-order chi connectivity index (χ0) is 35.2. The minimum absolute atomic E-state index is 0.0114. The summed E-state index contributed by atoms with van der Waals surface area (Å²) in [6, 6.07) is 27.1. The molecule has 1 aromatic heterocycles. The van der Waals surface area contributed by atoms with Crippen molar-refractivity contribution < 1.29 is 19.7 Å². The minimum Gasteiger partial charge on any atom is -0.493 e. The number of carbonyl (C=O) groups excluding carboxylic acids is 1. The van der Waals surface area contributed by atoms with Crippen molar-refractivity contribution in [3.05, 3.63) is 119 Å². The number of aromatic nitrogens is 3. The molecule has 0 saturated heterocycles. The Bertz CT molecular complexity index is 1840. The van der Waals surface area contributed by atoms with E-state index in [-0.39, 0.29) is 27.7 Å². The number of fused-ring (bicyclic) bond motifs is 1.